The van der Waals surface area contributed by atoms with Crippen LogP contribution in [0.3, 0.4) is 0 Å². The molecule has 2 fully saturated rings. The second kappa shape index (κ2) is 25.8. The van der Waals surface area contributed by atoms with E-state index < -0.39 is 70.0 Å². The van der Waals surface area contributed by atoms with E-state index in [1.165, 1.54) is 0 Å². The standard InChI is InChI=1S/C57H64FO10Si/c1-57(68-54-52(62-37-45-28-16-7-17-29-45)50(60-35-43-24-12-5-13-25-43)48(66-56(54)58)40-59-34-42-22-10-4-11-23-42)55(64-39-47-32-20-9-21-33-47)53(63-38-46-30-18-8-19-31-46)51(49(67-57)41-65-69(2)3)61-36-44-26-14-6-15-27-44/h4-33,48-56H,34-41H2,1-3H3/t48-,49-,50-,51-,52+,53+,54-,55-,56-,57-/m1/s1. The van der Waals surface area contributed by atoms with Gasteiger partial charge in [-0.25, -0.2) is 4.39 Å². The van der Waals surface area contributed by atoms with E-state index >= 15 is 4.39 Å². The van der Waals surface area contributed by atoms with Crippen LogP contribution in [0.4, 0.5) is 4.39 Å². The van der Waals surface area contributed by atoms with Gasteiger partial charge in [-0.2, -0.15) is 0 Å². The molecular formula is C57H64FO10Si. The highest BCUT2D eigenvalue weighted by Gasteiger charge is 2.59. The maximum atomic E-state index is 17.6. The van der Waals surface area contributed by atoms with Crippen molar-refractivity contribution in [3.8, 4) is 0 Å². The molecule has 6 aromatic rings. The largest absolute Gasteiger partial charge is 0.414 e. The second-order valence-electron chi connectivity index (χ2n) is 17.8. The topological polar surface area (TPSA) is 92.3 Å². The normalized spacial score (nSPS) is 26.0. The Morgan fingerprint density at radius 2 is 0.797 bits per heavy atom. The number of hydrogen-bond donors (Lipinski definition) is 0. The Balaban J connectivity index is 1.17. The molecule has 12 heteroatoms. The first-order chi connectivity index (χ1) is 33.8. The Kier molecular flexibility index (Phi) is 18.9. The van der Waals surface area contributed by atoms with E-state index in [2.05, 4.69) is 13.1 Å². The lowest BCUT2D eigenvalue weighted by molar-refractivity contribution is -0.411. The maximum Gasteiger partial charge on any atom is 0.228 e. The average molecular weight is 956 g/mol. The Bertz CT molecular complexity index is 2340. The fourth-order valence-corrected chi connectivity index (χ4v) is 9.20. The maximum absolute atomic E-state index is 17.6. The summed E-state index contributed by atoms with van der Waals surface area (Å²) in [4.78, 5) is 0. The third-order valence-electron chi connectivity index (χ3n) is 12.2. The van der Waals surface area contributed by atoms with Crippen LogP contribution in [0.25, 0.3) is 0 Å². The van der Waals surface area contributed by atoms with Crippen LogP contribution in [-0.4, -0.2) is 83.2 Å². The summed E-state index contributed by atoms with van der Waals surface area (Å²) < 4.78 is 85.4. The van der Waals surface area contributed by atoms with E-state index in [0.717, 1.165) is 33.4 Å². The molecule has 2 saturated heterocycles. The summed E-state index contributed by atoms with van der Waals surface area (Å²) in [5, 5.41) is 0. The van der Waals surface area contributed by atoms with Crippen LogP contribution in [0.1, 0.15) is 40.3 Å². The first-order valence-corrected chi connectivity index (χ1v) is 26.2. The summed E-state index contributed by atoms with van der Waals surface area (Å²) in [5.74, 6) is -1.71. The first kappa shape index (κ1) is 50.5. The lowest BCUT2D eigenvalue weighted by atomic mass is 9.91. The number of alkyl halides is 1. The lowest BCUT2D eigenvalue weighted by Crippen LogP contribution is -2.70. The third kappa shape index (κ3) is 14.6. The predicted molar refractivity (Wildman–Crippen MR) is 263 cm³/mol. The van der Waals surface area contributed by atoms with E-state index in [0.29, 0.717) is 6.61 Å². The van der Waals surface area contributed by atoms with Crippen LogP contribution in [-0.2, 0) is 86.7 Å². The summed E-state index contributed by atoms with van der Waals surface area (Å²) in [6, 6.07) is 59.1. The zero-order valence-corrected chi connectivity index (χ0v) is 40.6. The van der Waals surface area contributed by atoms with E-state index in [1.807, 2.05) is 182 Å². The Labute approximate surface area is 408 Å². The Morgan fingerprint density at radius 3 is 1.22 bits per heavy atom. The molecule has 8 rings (SSSR count). The fraction of sp³-hybridized carbons (Fsp3) is 0.368. The number of hydrogen-bond acceptors (Lipinski definition) is 10. The van der Waals surface area contributed by atoms with Crippen molar-refractivity contribution in [1.82, 2.24) is 0 Å². The lowest BCUT2D eigenvalue weighted by Gasteiger charge is -2.53. The molecule has 2 aliphatic heterocycles. The van der Waals surface area contributed by atoms with Crippen molar-refractivity contribution in [2.45, 2.75) is 121 Å². The number of ether oxygens (including phenoxy) is 9. The zero-order chi connectivity index (χ0) is 47.7. The summed E-state index contributed by atoms with van der Waals surface area (Å²) >= 11 is 0. The predicted octanol–water partition coefficient (Wildman–Crippen LogP) is 10.6. The van der Waals surface area contributed by atoms with Crippen LogP contribution < -0.4 is 0 Å². The molecule has 2 heterocycles. The van der Waals surface area contributed by atoms with Gasteiger partial charge in [-0.05, 0) is 53.4 Å². The molecule has 0 saturated carbocycles. The number of benzene rings is 6. The molecule has 10 nitrogen and oxygen atoms in total. The Morgan fingerprint density at radius 1 is 0.435 bits per heavy atom. The van der Waals surface area contributed by atoms with Gasteiger partial charge in [-0.3, -0.25) is 0 Å². The monoisotopic (exact) mass is 955 g/mol. The van der Waals surface area contributed by atoms with Crippen molar-refractivity contribution in [2.75, 3.05) is 13.2 Å². The average Bonchev–Trinajstić information content (AvgIpc) is 3.38. The molecule has 0 bridgehead atoms. The third-order valence-corrected chi connectivity index (χ3v) is 12.9. The second-order valence-corrected chi connectivity index (χ2v) is 19.9. The van der Waals surface area contributed by atoms with Gasteiger partial charge in [0.05, 0.1) is 52.9 Å². The molecule has 6 aromatic carbocycles. The molecule has 0 aliphatic carbocycles. The van der Waals surface area contributed by atoms with Gasteiger partial charge in [-0.1, -0.05) is 182 Å². The first-order valence-electron chi connectivity index (χ1n) is 23.8. The molecule has 0 aromatic heterocycles. The minimum absolute atomic E-state index is 0.0244. The summed E-state index contributed by atoms with van der Waals surface area (Å²) in [7, 11) is -1.21. The van der Waals surface area contributed by atoms with Gasteiger partial charge in [0.25, 0.3) is 0 Å². The molecule has 363 valence electrons. The quantitative estimate of drug-likeness (QED) is 0.0546. The molecular weight excluding hydrogens is 892 g/mol. The Hall–Kier alpha value is -4.93. The summed E-state index contributed by atoms with van der Waals surface area (Å²) in [6.45, 7) is 7.38. The molecule has 0 amide bonds. The van der Waals surface area contributed by atoms with Gasteiger partial charge < -0.3 is 47.1 Å². The van der Waals surface area contributed by atoms with Crippen LogP contribution in [0.5, 0.6) is 0 Å². The fourth-order valence-electron chi connectivity index (χ4n) is 8.70. The minimum atomic E-state index is -2.02. The molecule has 0 unspecified atom stereocenters. The van der Waals surface area contributed by atoms with Crippen molar-refractivity contribution in [1.29, 1.82) is 0 Å². The van der Waals surface area contributed by atoms with Crippen molar-refractivity contribution in [2.24, 2.45) is 0 Å². The van der Waals surface area contributed by atoms with Gasteiger partial charge in [0.2, 0.25) is 15.4 Å². The van der Waals surface area contributed by atoms with Crippen molar-refractivity contribution in [3.63, 3.8) is 0 Å². The molecule has 10 atom stereocenters. The van der Waals surface area contributed by atoms with Gasteiger partial charge in [0.15, 0.2) is 5.79 Å². The molecule has 0 N–H and O–H groups in total. The van der Waals surface area contributed by atoms with E-state index in [-0.39, 0.29) is 46.2 Å². The highest BCUT2D eigenvalue weighted by Crippen LogP contribution is 2.42. The van der Waals surface area contributed by atoms with Gasteiger partial charge in [-0.15, -0.1) is 0 Å². The minimum Gasteiger partial charge on any atom is -0.414 e. The molecule has 69 heavy (non-hydrogen) atoms. The SMILES string of the molecule is C[Si](C)OC[C@H]1O[C@](C)(O[C@@H]2[C@@H](OCc3ccccc3)[C@H](OCc3ccccc3)[C@@H](COCc3ccccc3)O[C@H]2F)[C@H](OCc2ccccc2)[C@@H](OCc2ccccc2)[C@@H]1OCc1ccccc1. The molecule has 2 aliphatic rings. The van der Waals surface area contributed by atoms with Crippen molar-refractivity contribution < 1.29 is 51.4 Å². The molecule has 0 spiro atoms. The van der Waals surface area contributed by atoms with Crippen molar-refractivity contribution >= 4 is 9.04 Å². The number of halogens is 1. The van der Waals surface area contributed by atoms with E-state index in [1.54, 1.807) is 6.92 Å². The summed E-state index contributed by atoms with van der Waals surface area (Å²) in [5.41, 5.74) is 5.64. The summed E-state index contributed by atoms with van der Waals surface area (Å²) in [6.07, 6.45) is -9.47. The van der Waals surface area contributed by atoms with Crippen LogP contribution >= 0.6 is 0 Å². The van der Waals surface area contributed by atoms with Crippen LogP contribution in [0.15, 0.2) is 182 Å². The van der Waals surface area contributed by atoms with Gasteiger partial charge >= 0.3 is 0 Å². The van der Waals surface area contributed by atoms with Crippen LogP contribution in [0.2, 0.25) is 13.1 Å². The van der Waals surface area contributed by atoms with Gasteiger partial charge in [0.1, 0.15) is 48.8 Å². The van der Waals surface area contributed by atoms with Crippen LogP contribution in [0, 0.1) is 0 Å². The number of rotatable bonds is 24. The van der Waals surface area contributed by atoms with Gasteiger partial charge in [0, 0.05) is 0 Å². The zero-order valence-electron chi connectivity index (χ0n) is 39.6. The highest BCUT2D eigenvalue weighted by atomic mass is 28.3. The van der Waals surface area contributed by atoms with E-state index in [4.69, 9.17) is 47.1 Å². The van der Waals surface area contributed by atoms with E-state index in [9.17, 15) is 0 Å². The molecule has 1 radical (unpaired) electrons. The highest BCUT2D eigenvalue weighted by molar-refractivity contribution is 6.48. The van der Waals surface area contributed by atoms with Crippen molar-refractivity contribution in [3.05, 3.63) is 215 Å². The smallest absolute Gasteiger partial charge is 0.228 e.